The van der Waals surface area contributed by atoms with Crippen molar-refractivity contribution in [2.45, 2.75) is 19.8 Å². The molecule has 0 amide bonds. The highest BCUT2D eigenvalue weighted by atomic mass is 79.9. The van der Waals surface area contributed by atoms with Gasteiger partial charge in [-0.3, -0.25) is 9.59 Å². The van der Waals surface area contributed by atoms with E-state index < -0.39 is 0 Å². The predicted octanol–water partition coefficient (Wildman–Crippen LogP) is 4.47. The first-order valence-corrected chi connectivity index (χ1v) is 7.31. The summed E-state index contributed by atoms with van der Waals surface area (Å²) in [6.45, 7) is 1.83. The summed E-state index contributed by atoms with van der Waals surface area (Å²) in [5.74, 6) is 0.0781. The van der Waals surface area contributed by atoms with Crippen LogP contribution in [0.4, 0.5) is 0 Å². The molecule has 0 unspecified atom stereocenters. The average Bonchev–Trinajstić information content (AvgIpc) is 2.47. The Balaban J connectivity index is 2.29. The number of hydrogen-bond donors (Lipinski definition) is 0. The molecule has 102 valence electrons. The summed E-state index contributed by atoms with van der Waals surface area (Å²) in [5.41, 5.74) is 2.08. The van der Waals surface area contributed by atoms with E-state index in [1.54, 1.807) is 12.1 Å². The smallest absolute Gasteiger partial charge is 0.168 e. The van der Waals surface area contributed by atoms with Crippen molar-refractivity contribution in [2.75, 3.05) is 0 Å². The fraction of sp³-hybridized carbons (Fsp3) is 0.176. The highest BCUT2D eigenvalue weighted by molar-refractivity contribution is 9.10. The Kier molecular flexibility index (Phi) is 4.85. The van der Waals surface area contributed by atoms with Gasteiger partial charge in [0.25, 0.3) is 0 Å². The molecule has 0 aliphatic rings. The third-order valence-corrected chi connectivity index (χ3v) is 3.86. The van der Waals surface area contributed by atoms with Crippen molar-refractivity contribution < 1.29 is 9.59 Å². The van der Waals surface area contributed by atoms with Crippen LogP contribution in [-0.2, 0) is 6.42 Å². The first-order valence-electron chi connectivity index (χ1n) is 6.52. The van der Waals surface area contributed by atoms with Gasteiger partial charge in [-0.1, -0.05) is 65.3 Å². The SMILES string of the molecule is CCC(=O)c1ccccc1CC(=O)c1ccccc1Br. The molecule has 0 aromatic heterocycles. The Labute approximate surface area is 127 Å². The second-order valence-electron chi connectivity index (χ2n) is 4.51. The zero-order chi connectivity index (χ0) is 14.5. The maximum absolute atomic E-state index is 12.4. The van der Waals surface area contributed by atoms with Gasteiger partial charge in [-0.2, -0.15) is 0 Å². The van der Waals surface area contributed by atoms with Crippen molar-refractivity contribution in [3.63, 3.8) is 0 Å². The van der Waals surface area contributed by atoms with Crippen LogP contribution < -0.4 is 0 Å². The molecule has 2 aromatic rings. The van der Waals surface area contributed by atoms with E-state index in [1.807, 2.05) is 43.3 Å². The molecule has 0 aliphatic heterocycles. The molecule has 0 N–H and O–H groups in total. The largest absolute Gasteiger partial charge is 0.294 e. The number of rotatable bonds is 5. The van der Waals surface area contributed by atoms with Crippen molar-refractivity contribution in [2.24, 2.45) is 0 Å². The first-order chi connectivity index (χ1) is 9.63. The van der Waals surface area contributed by atoms with Crippen LogP contribution in [0, 0.1) is 0 Å². The van der Waals surface area contributed by atoms with Gasteiger partial charge in [0, 0.05) is 28.4 Å². The zero-order valence-corrected chi connectivity index (χ0v) is 12.8. The molecule has 20 heavy (non-hydrogen) atoms. The Morgan fingerprint density at radius 2 is 1.50 bits per heavy atom. The fourth-order valence-corrected chi connectivity index (χ4v) is 2.60. The highest BCUT2D eigenvalue weighted by Gasteiger charge is 2.15. The predicted molar refractivity (Wildman–Crippen MR) is 83.2 cm³/mol. The lowest BCUT2D eigenvalue weighted by Gasteiger charge is -2.08. The van der Waals surface area contributed by atoms with E-state index in [2.05, 4.69) is 15.9 Å². The standard InChI is InChI=1S/C17H15BrO2/c1-2-16(19)13-8-4-3-7-12(13)11-17(20)14-9-5-6-10-15(14)18/h3-10H,2,11H2,1H3. The minimum atomic E-state index is 0.00817. The van der Waals surface area contributed by atoms with Gasteiger partial charge in [-0.15, -0.1) is 0 Å². The molecule has 2 nitrogen and oxygen atoms in total. The van der Waals surface area contributed by atoms with Crippen LogP contribution in [0.15, 0.2) is 53.0 Å². The van der Waals surface area contributed by atoms with Gasteiger partial charge in [-0.25, -0.2) is 0 Å². The van der Waals surface area contributed by atoms with Crippen LogP contribution in [0.1, 0.15) is 39.6 Å². The molecule has 0 fully saturated rings. The van der Waals surface area contributed by atoms with Gasteiger partial charge in [0.2, 0.25) is 0 Å². The van der Waals surface area contributed by atoms with Gasteiger partial charge in [0.1, 0.15) is 0 Å². The summed E-state index contributed by atoms with van der Waals surface area (Å²) in [4.78, 5) is 24.3. The van der Waals surface area contributed by atoms with Gasteiger partial charge >= 0.3 is 0 Å². The molecule has 0 saturated heterocycles. The summed E-state index contributed by atoms with van der Waals surface area (Å²) in [6.07, 6.45) is 0.685. The second kappa shape index (κ2) is 6.62. The summed E-state index contributed by atoms with van der Waals surface area (Å²) >= 11 is 3.38. The monoisotopic (exact) mass is 330 g/mol. The molecular weight excluding hydrogens is 316 g/mol. The molecule has 3 heteroatoms. The van der Waals surface area contributed by atoms with E-state index in [9.17, 15) is 9.59 Å². The summed E-state index contributed by atoms with van der Waals surface area (Å²) < 4.78 is 0.782. The Morgan fingerprint density at radius 3 is 2.15 bits per heavy atom. The zero-order valence-electron chi connectivity index (χ0n) is 11.2. The van der Waals surface area contributed by atoms with Crippen LogP contribution in [0.5, 0.6) is 0 Å². The molecule has 0 radical (unpaired) electrons. The fourth-order valence-electron chi connectivity index (χ4n) is 2.09. The van der Waals surface area contributed by atoms with E-state index in [0.717, 1.165) is 10.0 Å². The van der Waals surface area contributed by atoms with Crippen LogP contribution in [-0.4, -0.2) is 11.6 Å². The molecular formula is C17H15BrO2. The number of benzene rings is 2. The lowest BCUT2D eigenvalue weighted by molar-refractivity contribution is 0.0985. The number of halogens is 1. The van der Waals surface area contributed by atoms with Crippen LogP contribution in [0.25, 0.3) is 0 Å². The number of hydrogen-bond acceptors (Lipinski definition) is 2. The summed E-state index contributed by atoms with van der Waals surface area (Å²) in [5, 5.41) is 0. The van der Waals surface area contributed by atoms with Crippen molar-refractivity contribution in [3.8, 4) is 0 Å². The van der Waals surface area contributed by atoms with E-state index in [-0.39, 0.29) is 18.0 Å². The minimum Gasteiger partial charge on any atom is -0.294 e. The van der Waals surface area contributed by atoms with Gasteiger partial charge < -0.3 is 0 Å². The quantitative estimate of drug-likeness (QED) is 0.758. The third-order valence-electron chi connectivity index (χ3n) is 3.16. The number of carbonyl (C=O) groups excluding carboxylic acids is 2. The number of ketones is 2. The maximum Gasteiger partial charge on any atom is 0.168 e. The molecule has 0 bridgehead atoms. The number of carbonyl (C=O) groups is 2. The van der Waals surface area contributed by atoms with Crippen LogP contribution in [0.3, 0.4) is 0 Å². The van der Waals surface area contributed by atoms with Gasteiger partial charge in [0.05, 0.1) is 0 Å². The lowest BCUT2D eigenvalue weighted by Crippen LogP contribution is -2.09. The van der Waals surface area contributed by atoms with Crippen molar-refractivity contribution >= 4 is 27.5 Å². The molecule has 0 atom stereocenters. The molecule has 2 rings (SSSR count). The van der Waals surface area contributed by atoms with E-state index >= 15 is 0 Å². The highest BCUT2D eigenvalue weighted by Crippen LogP contribution is 2.20. The van der Waals surface area contributed by atoms with Crippen molar-refractivity contribution in [3.05, 3.63) is 69.7 Å². The molecule has 0 heterocycles. The third kappa shape index (κ3) is 3.23. The number of Topliss-reactive ketones (excluding diaryl/α,β-unsaturated/α-hetero) is 2. The summed E-state index contributed by atoms with van der Waals surface area (Å²) in [7, 11) is 0. The average molecular weight is 331 g/mol. The van der Waals surface area contributed by atoms with E-state index in [0.29, 0.717) is 17.5 Å². The molecule has 0 spiro atoms. The molecule has 2 aromatic carbocycles. The second-order valence-corrected chi connectivity index (χ2v) is 5.37. The maximum atomic E-state index is 12.4. The Morgan fingerprint density at radius 1 is 0.900 bits per heavy atom. The topological polar surface area (TPSA) is 34.1 Å². The summed E-state index contributed by atoms with van der Waals surface area (Å²) in [6, 6.07) is 14.7. The van der Waals surface area contributed by atoms with E-state index in [4.69, 9.17) is 0 Å². The van der Waals surface area contributed by atoms with E-state index in [1.165, 1.54) is 0 Å². The molecule has 0 aliphatic carbocycles. The molecule has 0 saturated carbocycles. The van der Waals surface area contributed by atoms with Crippen LogP contribution >= 0.6 is 15.9 Å². The minimum absolute atomic E-state index is 0.00817. The van der Waals surface area contributed by atoms with Crippen LogP contribution in [0.2, 0.25) is 0 Å². The van der Waals surface area contributed by atoms with Gasteiger partial charge in [-0.05, 0) is 11.6 Å². The normalized spacial score (nSPS) is 10.3. The Hall–Kier alpha value is -1.74. The van der Waals surface area contributed by atoms with Crippen molar-refractivity contribution in [1.82, 2.24) is 0 Å². The van der Waals surface area contributed by atoms with Crippen molar-refractivity contribution in [1.29, 1.82) is 0 Å². The first kappa shape index (κ1) is 14.7. The Bertz CT molecular complexity index is 647. The van der Waals surface area contributed by atoms with Gasteiger partial charge in [0.15, 0.2) is 11.6 Å². The lowest BCUT2D eigenvalue weighted by atomic mass is 9.96.